The van der Waals surface area contributed by atoms with Gasteiger partial charge in [-0.1, -0.05) is 17.3 Å². The Bertz CT molecular complexity index is 784. The van der Waals surface area contributed by atoms with Crippen molar-refractivity contribution >= 4 is 6.09 Å². The first kappa shape index (κ1) is 18.4. The van der Waals surface area contributed by atoms with Gasteiger partial charge in [0, 0.05) is 24.6 Å². The normalized spacial score (nSPS) is 16.0. The Morgan fingerprint density at radius 1 is 1.19 bits per heavy atom. The number of amides is 1. The first-order valence-electron chi connectivity index (χ1n) is 9.12. The Hall–Kier alpha value is -2.37. The van der Waals surface area contributed by atoms with Gasteiger partial charge in [0.2, 0.25) is 11.7 Å². The van der Waals surface area contributed by atoms with E-state index in [1.807, 2.05) is 26.8 Å². The maximum absolute atomic E-state index is 12.2. The highest BCUT2D eigenvalue weighted by Gasteiger charge is 2.30. The second-order valence-corrected chi connectivity index (χ2v) is 8.00. The standard InChI is InChI=1S/C20H27N3O3/c1-13-6-7-16(12-14(13)2)17-21-18(26-22-17)15-8-10-23(11-9-15)19(24)25-20(3,4)5/h6-7,12,15H,8-11H2,1-5H3. The zero-order valence-corrected chi connectivity index (χ0v) is 16.2. The average Bonchev–Trinajstić information content (AvgIpc) is 3.06. The highest BCUT2D eigenvalue weighted by molar-refractivity contribution is 5.68. The summed E-state index contributed by atoms with van der Waals surface area (Å²) in [7, 11) is 0. The predicted octanol–water partition coefficient (Wildman–Crippen LogP) is 4.47. The average molecular weight is 357 g/mol. The number of likely N-dealkylation sites (tertiary alicyclic amines) is 1. The maximum atomic E-state index is 12.2. The molecule has 0 N–H and O–H groups in total. The fraction of sp³-hybridized carbons (Fsp3) is 0.550. The van der Waals surface area contributed by atoms with E-state index in [-0.39, 0.29) is 12.0 Å². The van der Waals surface area contributed by atoms with Gasteiger partial charge in [-0.05, 0) is 64.7 Å². The lowest BCUT2D eigenvalue weighted by molar-refractivity contribution is 0.0198. The van der Waals surface area contributed by atoms with Crippen LogP contribution in [0.15, 0.2) is 22.7 Å². The molecule has 0 atom stereocenters. The SMILES string of the molecule is Cc1ccc(-c2noc(C3CCN(C(=O)OC(C)(C)C)CC3)n2)cc1C. The molecule has 140 valence electrons. The summed E-state index contributed by atoms with van der Waals surface area (Å²) in [5, 5.41) is 4.14. The molecule has 1 aromatic heterocycles. The van der Waals surface area contributed by atoms with E-state index in [1.165, 1.54) is 11.1 Å². The molecule has 6 nitrogen and oxygen atoms in total. The Kier molecular flexibility index (Phi) is 5.03. The number of aromatic nitrogens is 2. The molecule has 1 amide bonds. The van der Waals surface area contributed by atoms with Crippen LogP contribution in [0.3, 0.4) is 0 Å². The molecule has 0 aliphatic carbocycles. The molecule has 0 bridgehead atoms. The molecule has 2 heterocycles. The summed E-state index contributed by atoms with van der Waals surface area (Å²) in [5.74, 6) is 1.46. The third-order valence-corrected chi connectivity index (χ3v) is 4.70. The van der Waals surface area contributed by atoms with Gasteiger partial charge in [0.05, 0.1) is 0 Å². The van der Waals surface area contributed by atoms with Crippen molar-refractivity contribution in [1.82, 2.24) is 15.0 Å². The van der Waals surface area contributed by atoms with Crippen molar-refractivity contribution in [2.45, 2.75) is 59.0 Å². The van der Waals surface area contributed by atoms with Crippen LogP contribution >= 0.6 is 0 Å². The quantitative estimate of drug-likeness (QED) is 0.793. The molecule has 26 heavy (non-hydrogen) atoms. The lowest BCUT2D eigenvalue weighted by atomic mass is 9.97. The summed E-state index contributed by atoms with van der Waals surface area (Å²) in [4.78, 5) is 18.5. The van der Waals surface area contributed by atoms with E-state index < -0.39 is 5.60 Å². The summed E-state index contributed by atoms with van der Waals surface area (Å²) in [6.07, 6.45) is 1.35. The van der Waals surface area contributed by atoms with Crippen LogP contribution in [0.1, 0.15) is 56.5 Å². The molecule has 1 aliphatic rings. The largest absolute Gasteiger partial charge is 0.444 e. The zero-order chi connectivity index (χ0) is 18.9. The Labute approximate surface area is 154 Å². The van der Waals surface area contributed by atoms with Crippen molar-refractivity contribution in [1.29, 1.82) is 0 Å². The molecule has 1 fully saturated rings. The van der Waals surface area contributed by atoms with Gasteiger partial charge in [0.15, 0.2) is 0 Å². The number of hydrogen-bond donors (Lipinski definition) is 0. The molecule has 0 unspecified atom stereocenters. The first-order chi connectivity index (χ1) is 12.2. The number of hydrogen-bond acceptors (Lipinski definition) is 5. The van der Waals surface area contributed by atoms with E-state index in [0.29, 0.717) is 24.8 Å². The van der Waals surface area contributed by atoms with Gasteiger partial charge in [-0.3, -0.25) is 0 Å². The summed E-state index contributed by atoms with van der Waals surface area (Å²) < 4.78 is 10.9. The molecule has 0 spiro atoms. The van der Waals surface area contributed by atoms with E-state index in [2.05, 4.69) is 36.1 Å². The number of rotatable bonds is 2. The van der Waals surface area contributed by atoms with E-state index in [0.717, 1.165) is 18.4 Å². The number of carbonyl (C=O) groups is 1. The Morgan fingerprint density at radius 2 is 1.88 bits per heavy atom. The number of nitrogens with zero attached hydrogens (tertiary/aromatic N) is 3. The summed E-state index contributed by atoms with van der Waals surface area (Å²) in [5.41, 5.74) is 2.95. The molecule has 3 rings (SSSR count). The minimum atomic E-state index is -0.471. The third kappa shape index (κ3) is 4.23. The van der Waals surface area contributed by atoms with Crippen LogP contribution in [0.5, 0.6) is 0 Å². The van der Waals surface area contributed by atoms with Gasteiger partial charge >= 0.3 is 6.09 Å². The van der Waals surface area contributed by atoms with E-state index >= 15 is 0 Å². The topological polar surface area (TPSA) is 68.5 Å². The lowest BCUT2D eigenvalue weighted by Gasteiger charge is -2.32. The van der Waals surface area contributed by atoms with E-state index in [4.69, 9.17) is 9.26 Å². The van der Waals surface area contributed by atoms with E-state index in [9.17, 15) is 4.79 Å². The highest BCUT2D eigenvalue weighted by atomic mass is 16.6. The fourth-order valence-electron chi connectivity index (χ4n) is 3.03. The van der Waals surface area contributed by atoms with Crippen LogP contribution < -0.4 is 0 Å². The molecule has 1 saturated heterocycles. The second kappa shape index (κ2) is 7.09. The van der Waals surface area contributed by atoms with Crippen molar-refractivity contribution in [2.24, 2.45) is 0 Å². The third-order valence-electron chi connectivity index (χ3n) is 4.70. The van der Waals surface area contributed by atoms with Gasteiger partial charge in [-0.15, -0.1) is 0 Å². The molecule has 2 aromatic rings. The van der Waals surface area contributed by atoms with Crippen LogP contribution in [0.4, 0.5) is 4.79 Å². The van der Waals surface area contributed by atoms with Crippen LogP contribution in [0.25, 0.3) is 11.4 Å². The molecular weight excluding hydrogens is 330 g/mol. The van der Waals surface area contributed by atoms with Crippen LogP contribution in [0.2, 0.25) is 0 Å². The fourth-order valence-corrected chi connectivity index (χ4v) is 3.03. The molecule has 6 heteroatoms. The van der Waals surface area contributed by atoms with Crippen molar-refractivity contribution in [2.75, 3.05) is 13.1 Å². The van der Waals surface area contributed by atoms with Crippen molar-refractivity contribution in [3.8, 4) is 11.4 Å². The molecule has 0 radical (unpaired) electrons. The lowest BCUT2D eigenvalue weighted by Crippen LogP contribution is -2.41. The van der Waals surface area contributed by atoms with Crippen LogP contribution in [-0.2, 0) is 4.74 Å². The minimum absolute atomic E-state index is 0.182. The van der Waals surface area contributed by atoms with Crippen molar-refractivity contribution in [3.05, 3.63) is 35.2 Å². The molecule has 1 aliphatic heterocycles. The van der Waals surface area contributed by atoms with Gasteiger partial charge in [0.1, 0.15) is 5.60 Å². The number of benzene rings is 1. The summed E-state index contributed by atoms with van der Waals surface area (Å²) >= 11 is 0. The van der Waals surface area contributed by atoms with Gasteiger partial charge in [-0.2, -0.15) is 4.98 Å². The van der Waals surface area contributed by atoms with Crippen LogP contribution in [-0.4, -0.2) is 39.8 Å². The Morgan fingerprint density at radius 3 is 2.50 bits per heavy atom. The smallest absolute Gasteiger partial charge is 0.410 e. The highest BCUT2D eigenvalue weighted by Crippen LogP contribution is 2.29. The van der Waals surface area contributed by atoms with Gasteiger partial charge in [-0.25, -0.2) is 4.79 Å². The first-order valence-corrected chi connectivity index (χ1v) is 9.12. The monoisotopic (exact) mass is 357 g/mol. The molecular formula is C20H27N3O3. The molecule has 1 aromatic carbocycles. The summed E-state index contributed by atoms with van der Waals surface area (Å²) in [6.45, 7) is 11.1. The number of carbonyl (C=O) groups excluding carboxylic acids is 1. The number of aryl methyl sites for hydroxylation is 2. The van der Waals surface area contributed by atoms with Gasteiger partial charge < -0.3 is 14.2 Å². The van der Waals surface area contributed by atoms with Gasteiger partial charge in [0.25, 0.3) is 0 Å². The number of piperidine rings is 1. The molecule has 0 saturated carbocycles. The zero-order valence-electron chi connectivity index (χ0n) is 16.2. The minimum Gasteiger partial charge on any atom is -0.444 e. The second-order valence-electron chi connectivity index (χ2n) is 8.00. The van der Waals surface area contributed by atoms with Crippen molar-refractivity contribution in [3.63, 3.8) is 0 Å². The van der Waals surface area contributed by atoms with Crippen molar-refractivity contribution < 1.29 is 14.1 Å². The predicted molar refractivity (Wildman–Crippen MR) is 99.0 cm³/mol. The summed E-state index contributed by atoms with van der Waals surface area (Å²) in [6, 6.07) is 6.16. The van der Waals surface area contributed by atoms with E-state index in [1.54, 1.807) is 4.90 Å². The maximum Gasteiger partial charge on any atom is 0.410 e. The Balaban J connectivity index is 1.63. The van der Waals surface area contributed by atoms with Crippen LogP contribution in [0, 0.1) is 13.8 Å². The number of ether oxygens (including phenoxy) is 1.